The van der Waals surface area contributed by atoms with E-state index in [-0.39, 0.29) is 70.0 Å². The lowest BCUT2D eigenvalue weighted by Gasteiger charge is -2.38. The van der Waals surface area contributed by atoms with Crippen LogP contribution in [0.4, 0.5) is 0 Å². The summed E-state index contributed by atoms with van der Waals surface area (Å²) >= 11 is 6.60. The van der Waals surface area contributed by atoms with Crippen molar-refractivity contribution in [3.63, 3.8) is 0 Å². The van der Waals surface area contributed by atoms with Crippen molar-refractivity contribution in [1.29, 1.82) is 0 Å². The van der Waals surface area contributed by atoms with Crippen LogP contribution in [0.1, 0.15) is 47.3 Å². The molecule has 12 nitrogen and oxygen atoms in total. The van der Waals surface area contributed by atoms with Gasteiger partial charge in [0.1, 0.15) is 22.1 Å². The number of carbonyl (C=O) groups excluding carboxylic acids is 3. The number of hydrogen-bond acceptors (Lipinski definition) is 11. The fourth-order valence-corrected chi connectivity index (χ4v) is 6.44. The number of ether oxygens (including phenoxy) is 6. The number of fused-ring (bicyclic) bond motifs is 1. The third-order valence-electron chi connectivity index (χ3n) is 8.53. The lowest BCUT2D eigenvalue weighted by atomic mass is 9.69. The van der Waals surface area contributed by atoms with E-state index in [1.807, 2.05) is 0 Å². The predicted molar refractivity (Wildman–Crippen MR) is 170 cm³/mol. The maximum Gasteiger partial charge on any atom is 0.231 e. The molecule has 1 aliphatic carbocycles. The van der Waals surface area contributed by atoms with Crippen molar-refractivity contribution in [1.82, 2.24) is 10.3 Å². The van der Waals surface area contributed by atoms with E-state index in [1.165, 1.54) is 41.6 Å². The molecule has 47 heavy (non-hydrogen) atoms. The molecule has 3 unspecified atom stereocenters. The Hall–Kier alpha value is -4.97. The van der Waals surface area contributed by atoms with E-state index in [4.69, 9.17) is 40.0 Å². The van der Waals surface area contributed by atoms with Crippen LogP contribution in [0.5, 0.6) is 34.5 Å². The summed E-state index contributed by atoms with van der Waals surface area (Å²) in [6, 6.07) is 9.95. The molecule has 13 heteroatoms. The molecular formula is C34H35ClN2O10. The molecular weight excluding hydrogens is 632 g/mol. The molecule has 248 valence electrons. The Morgan fingerprint density at radius 2 is 1.68 bits per heavy atom. The zero-order valence-electron chi connectivity index (χ0n) is 26.8. The number of methoxy groups -OCH3 is 5. The molecule has 2 aliphatic rings. The molecule has 2 heterocycles. The van der Waals surface area contributed by atoms with Gasteiger partial charge in [-0.25, -0.2) is 0 Å². The van der Waals surface area contributed by atoms with Crippen molar-refractivity contribution in [2.75, 3.05) is 35.5 Å². The quantitative estimate of drug-likeness (QED) is 0.284. The van der Waals surface area contributed by atoms with Crippen LogP contribution >= 0.6 is 11.6 Å². The van der Waals surface area contributed by atoms with Crippen molar-refractivity contribution in [2.45, 2.75) is 37.8 Å². The van der Waals surface area contributed by atoms with Crippen LogP contribution in [0.3, 0.4) is 0 Å². The molecule has 1 spiro atoms. The maximum absolute atomic E-state index is 14.4. The maximum atomic E-state index is 14.4. The summed E-state index contributed by atoms with van der Waals surface area (Å²) in [4.78, 5) is 46.1. The van der Waals surface area contributed by atoms with Gasteiger partial charge in [0.25, 0.3) is 0 Å². The van der Waals surface area contributed by atoms with Crippen LogP contribution in [0.25, 0.3) is 0 Å². The van der Waals surface area contributed by atoms with Gasteiger partial charge >= 0.3 is 0 Å². The summed E-state index contributed by atoms with van der Waals surface area (Å²) in [5.41, 5.74) is -1.21. The molecule has 0 fully saturated rings. The molecule has 3 atom stereocenters. The Kier molecular flexibility index (Phi) is 9.53. The lowest BCUT2D eigenvalue weighted by molar-refractivity contribution is -0.122. The standard InChI is InChI=1S/C34H35ClN2O10/c1-17-11-21(38)27(32(40)34(17)33(41)28-22(42-2)15-23(43-3)29(35)31(28)47-34)20(14-26(39)37-16-19-9-7-8-10-36-19)18-12-24(44-4)30(46-6)25(13-18)45-5/h7-10,12-13,15,17,20,40H,11,14,16H2,1-6H3,(H,37,39). The number of halogens is 1. The average molecular weight is 667 g/mol. The highest BCUT2D eigenvalue weighted by Gasteiger charge is 2.61. The Morgan fingerprint density at radius 3 is 2.26 bits per heavy atom. The third kappa shape index (κ3) is 5.67. The molecule has 0 bridgehead atoms. The van der Waals surface area contributed by atoms with E-state index in [2.05, 4.69) is 10.3 Å². The molecule has 2 N–H and O–H groups in total. The first-order valence-corrected chi connectivity index (χ1v) is 15.0. The monoisotopic (exact) mass is 666 g/mol. The lowest BCUT2D eigenvalue weighted by Crippen LogP contribution is -2.53. The number of pyridine rings is 1. The largest absolute Gasteiger partial charge is 0.507 e. The average Bonchev–Trinajstić information content (AvgIpc) is 3.40. The zero-order chi connectivity index (χ0) is 34.0. The van der Waals surface area contributed by atoms with Gasteiger partial charge in [-0.05, 0) is 29.8 Å². The highest BCUT2D eigenvalue weighted by atomic mass is 35.5. The second kappa shape index (κ2) is 13.4. The van der Waals surface area contributed by atoms with Crippen LogP contribution in [0, 0.1) is 5.92 Å². The highest BCUT2D eigenvalue weighted by molar-refractivity contribution is 6.35. The number of rotatable bonds is 11. The molecule has 0 saturated carbocycles. The third-order valence-corrected chi connectivity index (χ3v) is 8.89. The predicted octanol–water partition coefficient (Wildman–Crippen LogP) is 5.00. The Morgan fingerprint density at radius 1 is 1.02 bits per heavy atom. The van der Waals surface area contributed by atoms with Crippen LogP contribution < -0.4 is 33.7 Å². The second-order valence-electron chi connectivity index (χ2n) is 11.1. The second-order valence-corrected chi connectivity index (χ2v) is 11.4. The number of carbonyl (C=O) groups is 3. The first-order valence-electron chi connectivity index (χ1n) is 14.7. The van der Waals surface area contributed by atoms with Crippen LogP contribution in [0.15, 0.2) is 53.9 Å². The smallest absolute Gasteiger partial charge is 0.231 e. The van der Waals surface area contributed by atoms with Crippen molar-refractivity contribution in [3.8, 4) is 34.5 Å². The van der Waals surface area contributed by atoms with Gasteiger partial charge in [-0.15, -0.1) is 0 Å². The van der Waals surface area contributed by atoms with E-state index < -0.39 is 40.7 Å². The Labute approximate surface area is 276 Å². The summed E-state index contributed by atoms with van der Waals surface area (Å²) in [6.45, 7) is 1.75. The summed E-state index contributed by atoms with van der Waals surface area (Å²) in [6.07, 6.45) is 1.12. The van der Waals surface area contributed by atoms with Gasteiger partial charge in [-0.1, -0.05) is 24.6 Å². The summed E-state index contributed by atoms with van der Waals surface area (Å²) in [5, 5.41) is 15.0. The number of amides is 1. The Bertz CT molecular complexity index is 1730. The fraction of sp³-hybridized carbons (Fsp3) is 0.353. The summed E-state index contributed by atoms with van der Waals surface area (Å²) < 4.78 is 33.7. The number of Topliss-reactive ketones (excluding diaryl/α,β-unsaturated/α-hetero) is 2. The van der Waals surface area contributed by atoms with Crippen LogP contribution in [-0.2, 0) is 16.1 Å². The van der Waals surface area contributed by atoms with E-state index in [0.717, 1.165) is 0 Å². The van der Waals surface area contributed by atoms with E-state index in [0.29, 0.717) is 11.3 Å². The number of ketones is 2. The van der Waals surface area contributed by atoms with Gasteiger partial charge in [0, 0.05) is 42.5 Å². The number of hydrogen-bond donors (Lipinski definition) is 2. The molecule has 2 aromatic carbocycles. The normalized spacial score (nSPS) is 19.2. The summed E-state index contributed by atoms with van der Waals surface area (Å²) in [7, 11) is 7.09. The van der Waals surface area contributed by atoms with E-state index >= 15 is 0 Å². The van der Waals surface area contributed by atoms with Crippen molar-refractivity contribution >= 4 is 29.1 Å². The van der Waals surface area contributed by atoms with Crippen molar-refractivity contribution in [2.24, 2.45) is 5.92 Å². The highest BCUT2D eigenvalue weighted by Crippen LogP contribution is 2.56. The molecule has 1 aromatic heterocycles. The topological polar surface area (TPSA) is 152 Å². The van der Waals surface area contributed by atoms with Crippen molar-refractivity contribution < 1.29 is 47.9 Å². The number of nitrogens with one attached hydrogen (secondary N) is 1. The van der Waals surface area contributed by atoms with Gasteiger partial charge in [0.2, 0.25) is 23.0 Å². The first kappa shape index (κ1) is 33.4. The van der Waals surface area contributed by atoms with Gasteiger partial charge in [0.05, 0.1) is 47.8 Å². The van der Waals surface area contributed by atoms with Gasteiger partial charge < -0.3 is 38.8 Å². The zero-order valence-corrected chi connectivity index (χ0v) is 27.5. The fourth-order valence-electron chi connectivity index (χ4n) is 6.18. The first-order chi connectivity index (χ1) is 22.6. The SMILES string of the molecule is COc1cc(OC)c2c(c1Cl)OC1(C2=O)C(O)=C(C(CC(=O)NCc2ccccn2)c2cc(OC)c(OC)c(OC)c2)C(=O)CC1C. The van der Waals surface area contributed by atoms with Gasteiger partial charge in [-0.3, -0.25) is 19.4 Å². The molecule has 1 amide bonds. The molecule has 3 aromatic rings. The summed E-state index contributed by atoms with van der Waals surface area (Å²) in [5.74, 6) is -3.04. The van der Waals surface area contributed by atoms with Crippen LogP contribution in [-0.4, -0.2) is 68.7 Å². The number of aromatic nitrogens is 1. The molecule has 5 rings (SSSR count). The van der Waals surface area contributed by atoms with Gasteiger partial charge in [-0.2, -0.15) is 0 Å². The number of aliphatic hydroxyl groups excluding tert-OH is 1. The number of nitrogens with zero attached hydrogens (tertiary/aromatic N) is 1. The Balaban J connectivity index is 1.68. The minimum absolute atomic E-state index is 0.00190. The molecule has 0 saturated heterocycles. The minimum atomic E-state index is -2.04. The number of aliphatic hydroxyl groups is 1. The number of benzene rings is 2. The van der Waals surface area contributed by atoms with Crippen LogP contribution in [0.2, 0.25) is 5.02 Å². The molecule has 1 aliphatic heterocycles. The van der Waals surface area contributed by atoms with E-state index in [9.17, 15) is 19.5 Å². The number of allylic oxidation sites excluding steroid dienone is 1. The van der Waals surface area contributed by atoms with E-state index in [1.54, 1.807) is 43.5 Å². The van der Waals surface area contributed by atoms with Crippen molar-refractivity contribution in [3.05, 3.63) is 75.8 Å². The minimum Gasteiger partial charge on any atom is -0.507 e. The molecule has 0 radical (unpaired) electrons. The van der Waals surface area contributed by atoms with Gasteiger partial charge in [0.15, 0.2) is 28.8 Å².